The van der Waals surface area contributed by atoms with Crippen molar-refractivity contribution in [2.24, 2.45) is 5.92 Å². The molecule has 0 N–H and O–H groups in total. The lowest BCUT2D eigenvalue weighted by molar-refractivity contribution is -0.144. The number of carbonyl (C=O) groups excluding carboxylic acids is 1. The smallest absolute Gasteiger partial charge is 0.305 e. The molecule has 0 aliphatic rings. The van der Waals surface area contributed by atoms with E-state index in [4.69, 9.17) is 4.74 Å². The molecule has 2 heteroatoms. The van der Waals surface area contributed by atoms with Crippen molar-refractivity contribution in [3.8, 4) is 0 Å². The summed E-state index contributed by atoms with van der Waals surface area (Å²) in [7, 11) is 0. The second-order valence-corrected chi connectivity index (χ2v) is 8.45. The Morgan fingerprint density at radius 3 is 1.67 bits per heavy atom. The Kier molecular flexibility index (Phi) is 21.3. The van der Waals surface area contributed by atoms with Crippen molar-refractivity contribution in [2.75, 3.05) is 6.61 Å². The molecule has 0 amide bonds. The van der Waals surface area contributed by atoms with Gasteiger partial charge in [-0.05, 0) is 18.8 Å². The second kappa shape index (κ2) is 21.8. The summed E-state index contributed by atoms with van der Waals surface area (Å²) in [5, 5.41) is 0. The maximum absolute atomic E-state index is 11.9. The average Bonchev–Trinajstić information content (AvgIpc) is 2.66. The molecule has 0 spiro atoms. The van der Waals surface area contributed by atoms with E-state index in [0.717, 1.165) is 18.8 Å². The summed E-state index contributed by atoms with van der Waals surface area (Å²) >= 11 is 0. The van der Waals surface area contributed by atoms with Crippen molar-refractivity contribution in [1.29, 1.82) is 0 Å². The minimum Gasteiger partial charge on any atom is -0.466 e. The van der Waals surface area contributed by atoms with Crippen LogP contribution in [0.25, 0.3) is 0 Å². The SMILES string of the molecule is CCCCCCCCCCCCCC(=O)OCCC(CCC)CCCCC. The maximum Gasteiger partial charge on any atom is 0.305 e. The van der Waals surface area contributed by atoms with Crippen LogP contribution in [0.5, 0.6) is 0 Å². The van der Waals surface area contributed by atoms with Crippen LogP contribution in [0.2, 0.25) is 0 Å². The number of carbonyl (C=O) groups is 1. The fourth-order valence-electron chi connectivity index (χ4n) is 3.87. The van der Waals surface area contributed by atoms with Crippen molar-refractivity contribution in [3.05, 3.63) is 0 Å². The quantitative estimate of drug-likeness (QED) is 0.147. The molecule has 0 bridgehead atoms. The molecule has 0 aliphatic heterocycles. The minimum absolute atomic E-state index is 0.0229. The molecule has 0 heterocycles. The van der Waals surface area contributed by atoms with Crippen molar-refractivity contribution in [3.63, 3.8) is 0 Å². The molecule has 0 radical (unpaired) electrons. The topological polar surface area (TPSA) is 26.3 Å². The zero-order valence-corrected chi connectivity index (χ0v) is 19.0. The van der Waals surface area contributed by atoms with E-state index in [-0.39, 0.29) is 5.97 Å². The third kappa shape index (κ3) is 20.0. The van der Waals surface area contributed by atoms with E-state index < -0.39 is 0 Å². The van der Waals surface area contributed by atoms with Gasteiger partial charge < -0.3 is 4.74 Å². The van der Waals surface area contributed by atoms with Gasteiger partial charge in [0.05, 0.1) is 6.61 Å². The Balaban J connectivity index is 3.44. The summed E-state index contributed by atoms with van der Waals surface area (Å²) < 4.78 is 5.48. The molecule has 0 aromatic heterocycles. The Bertz CT molecular complexity index is 301. The number of unbranched alkanes of at least 4 members (excludes halogenated alkanes) is 12. The monoisotopic (exact) mass is 382 g/mol. The molecule has 27 heavy (non-hydrogen) atoms. The van der Waals surface area contributed by atoms with E-state index in [1.54, 1.807) is 0 Å². The molecule has 1 atom stereocenters. The van der Waals surface area contributed by atoms with Crippen molar-refractivity contribution >= 4 is 5.97 Å². The molecule has 0 aromatic rings. The number of esters is 1. The molecule has 2 nitrogen and oxygen atoms in total. The predicted molar refractivity (Wildman–Crippen MR) is 119 cm³/mol. The largest absolute Gasteiger partial charge is 0.466 e. The highest BCUT2D eigenvalue weighted by Crippen LogP contribution is 2.19. The van der Waals surface area contributed by atoms with Gasteiger partial charge in [-0.1, -0.05) is 124 Å². The van der Waals surface area contributed by atoms with E-state index >= 15 is 0 Å². The molecule has 0 fully saturated rings. The fraction of sp³-hybridized carbons (Fsp3) is 0.960. The van der Waals surface area contributed by atoms with Crippen molar-refractivity contribution in [1.82, 2.24) is 0 Å². The summed E-state index contributed by atoms with van der Waals surface area (Å²) in [5.74, 6) is 0.769. The first-order chi connectivity index (χ1) is 13.2. The van der Waals surface area contributed by atoms with Gasteiger partial charge in [0.15, 0.2) is 0 Å². The normalized spacial score (nSPS) is 12.3. The van der Waals surface area contributed by atoms with E-state index in [0.29, 0.717) is 13.0 Å². The van der Waals surface area contributed by atoms with Crippen LogP contribution < -0.4 is 0 Å². The van der Waals surface area contributed by atoms with Gasteiger partial charge in [0.25, 0.3) is 0 Å². The molecule has 0 aromatic carbocycles. The Hall–Kier alpha value is -0.530. The maximum atomic E-state index is 11.9. The highest BCUT2D eigenvalue weighted by atomic mass is 16.5. The third-order valence-electron chi connectivity index (χ3n) is 5.69. The zero-order valence-electron chi connectivity index (χ0n) is 19.0. The molecule has 0 rings (SSSR count). The van der Waals surface area contributed by atoms with E-state index in [9.17, 15) is 4.79 Å². The van der Waals surface area contributed by atoms with Gasteiger partial charge in [0.1, 0.15) is 0 Å². The summed E-state index contributed by atoms with van der Waals surface area (Å²) in [4.78, 5) is 11.9. The standard InChI is InChI=1S/C25H50O2/c1-4-7-9-10-11-12-13-14-15-16-18-21-25(26)27-23-22-24(19-6-3)20-17-8-5-2/h24H,4-23H2,1-3H3. The van der Waals surface area contributed by atoms with Gasteiger partial charge in [0, 0.05) is 6.42 Å². The average molecular weight is 383 g/mol. The van der Waals surface area contributed by atoms with Gasteiger partial charge in [0.2, 0.25) is 0 Å². The highest BCUT2D eigenvalue weighted by molar-refractivity contribution is 5.69. The van der Waals surface area contributed by atoms with Crippen LogP contribution in [-0.4, -0.2) is 12.6 Å². The molecular formula is C25H50O2. The lowest BCUT2D eigenvalue weighted by Gasteiger charge is -2.16. The fourth-order valence-corrected chi connectivity index (χ4v) is 3.87. The highest BCUT2D eigenvalue weighted by Gasteiger charge is 2.09. The van der Waals surface area contributed by atoms with Gasteiger partial charge in [-0.25, -0.2) is 0 Å². The third-order valence-corrected chi connectivity index (χ3v) is 5.69. The molecule has 0 aliphatic carbocycles. The van der Waals surface area contributed by atoms with Crippen LogP contribution in [0.3, 0.4) is 0 Å². The van der Waals surface area contributed by atoms with Gasteiger partial charge in [-0.3, -0.25) is 4.79 Å². The first kappa shape index (κ1) is 26.5. The summed E-state index contributed by atoms with van der Waals surface area (Å²) in [6.45, 7) is 7.41. The van der Waals surface area contributed by atoms with Gasteiger partial charge >= 0.3 is 5.97 Å². The van der Waals surface area contributed by atoms with Crippen LogP contribution >= 0.6 is 0 Å². The predicted octanol–water partition coefficient (Wildman–Crippen LogP) is 8.62. The molecular weight excluding hydrogens is 332 g/mol. The minimum atomic E-state index is 0.0229. The zero-order chi connectivity index (χ0) is 20.0. The summed E-state index contributed by atoms with van der Waals surface area (Å²) in [5.41, 5.74) is 0. The lowest BCUT2D eigenvalue weighted by Crippen LogP contribution is -2.10. The molecule has 1 unspecified atom stereocenters. The molecule has 162 valence electrons. The summed E-state index contributed by atoms with van der Waals surface area (Å²) in [6.07, 6.45) is 24.0. The number of hydrogen-bond acceptors (Lipinski definition) is 2. The first-order valence-electron chi connectivity index (χ1n) is 12.4. The Morgan fingerprint density at radius 1 is 0.593 bits per heavy atom. The lowest BCUT2D eigenvalue weighted by atomic mass is 9.94. The van der Waals surface area contributed by atoms with Crippen LogP contribution in [0.1, 0.15) is 143 Å². The Morgan fingerprint density at radius 2 is 1.11 bits per heavy atom. The number of hydrogen-bond donors (Lipinski definition) is 0. The number of ether oxygens (including phenoxy) is 1. The summed E-state index contributed by atoms with van der Waals surface area (Å²) in [6, 6.07) is 0. The number of rotatable bonds is 21. The van der Waals surface area contributed by atoms with Crippen molar-refractivity contribution < 1.29 is 9.53 Å². The van der Waals surface area contributed by atoms with Crippen LogP contribution in [0, 0.1) is 5.92 Å². The second-order valence-electron chi connectivity index (χ2n) is 8.45. The van der Waals surface area contributed by atoms with E-state index in [1.807, 2.05) is 0 Å². The van der Waals surface area contributed by atoms with Gasteiger partial charge in [-0.2, -0.15) is 0 Å². The van der Waals surface area contributed by atoms with Gasteiger partial charge in [-0.15, -0.1) is 0 Å². The van der Waals surface area contributed by atoms with Crippen LogP contribution in [0.15, 0.2) is 0 Å². The molecule has 0 saturated heterocycles. The Labute approximate surface area is 171 Å². The molecule has 0 saturated carbocycles. The van der Waals surface area contributed by atoms with E-state index in [1.165, 1.54) is 103 Å². The van der Waals surface area contributed by atoms with Crippen LogP contribution in [-0.2, 0) is 9.53 Å². The van der Waals surface area contributed by atoms with Crippen LogP contribution in [0.4, 0.5) is 0 Å². The van der Waals surface area contributed by atoms with E-state index in [2.05, 4.69) is 20.8 Å². The first-order valence-corrected chi connectivity index (χ1v) is 12.4. The van der Waals surface area contributed by atoms with Crippen molar-refractivity contribution in [2.45, 2.75) is 143 Å².